The van der Waals surface area contributed by atoms with Crippen molar-refractivity contribution in [2.75, 3.05) is 0 Å². The van der Waals surface area contributed by atoms with Crippen molar-refractivity contribution in [3.63, 3.8) is 0 Å². The highest BCUT2D eigenvalue weighted by Gasteiger charge is 2.31. The Morgan fingerprint density at radius 1 is 1.00 bits per heavy atom. The number of carbonyl (C=O) groups excluding carboxylic acids is 3. The number of esters is 1. The van der Waals surface area contributed by atoms with Gasteiger partial charge in [-0.1, -0.05) is 77.3 Å². The van der Waals surface area contributed by atoms with Crippen molar-refractivity contribution in [2.45, 2.75) is 97.4 Å². The highest BCUT2D eigenvalue weighted by atomic mass is 16.5. The molecule has 2 amide bonds. The zero-order valence-electron chi connectivity index (χ0n) is 22.2. The zero-order valence-corrected chi connectivity index (χ0v) is 22.2. The quantitative estimate of drug-likeness (QED) is 0.253. The van der Waals surface area contributed by atoms with Gasteiger partial charge in [0.25, 0.3) is 0 Å². The molecule has 6 atom stereocenters. The summed E-state index contributed by atoms with van der Waals surface area (Å²) in [6.45, 7) is 9.16. The van der Waals surface area contributed by atoms with Crippen molar-refractivity contribution in [1.29, 1.82) is 0 Å². The van der Waals surface area contributed by atoms with Crippen molar-refractivity contribution in [1.82, 2.24) is 10.6 Å². The van der Waals surface area contributed by atoms with E-state index in [2.05, 4.69) is 17.6 Å². The first-order valence-corrected chi connectivity index (χ1v) is 12.8. The molecule has 1 aromatic rings. The lowest BCUT2D eigenvalue weighted by Gasteiger charge is -2.27. The molecule has 9 heteroatoms. The molecule has 0 aromatic heterocycles. The molecule has 0 spiro atoms. The fraction of sp³-hybridized carbons (Fsp3) is 0.630. The molecule has 0 saturated heterocycles. The smallest absolute Gasteiger partial charge is 0.325 e. The molecule has 9 nitrogen and oxygen atoms in total. The van der Waals surface area contributed by atoms with Crippen LogP contribution in [-0.2, 0) is 30.3 Å². The van der Waals surface area contributed by atoms with Crippen LogP contribution in [-0.4, -0.2) is 53.1 Å². The minimum atomic E-state index is -1.18. The van der Waals surface area contributed by atoms with E-state index in [4.69, 9.17) is 15.6 Å². The van der Waals surface area contributed by atoms with Crippen molar-refractivity contribution >= 4 is 23.8 Å². The van der Waals surface area contributed by atoms with Crippen LogP contribution < -0.4 is 16.4 Å². The van der Waals surface area contributed by atoms with Crippen LogP contribution in [0.1, 0.15) is 72.3 Å². The van der Waals surface area contributed by atoms with Gasteiger partial charge in [-0.05, 0) is 30.7 Å². The van der Waals surface area contributed by atoms with E-state index in [9.17, 15) is 19.2 Å². The van der Waals surface area contributed by atoms with E-state index in [0.717, 1.165) is 31.2 Å². The second kappa shape index (κ2) is 15.9. The molecule has 0 unspecified atom stereocenters. The number of hydrogen-bond donors (Lipinski definition) is 4. The normalized spacial score (nSPS) is 16.1. The second-order valence-corrected chi connectivity index (χ2v) is 9.59. The monoisotopic (exact) mass is 505 g/mol. The summed E-state index contributed by atoms with van der Waals surface area (Å²) in [6, 6.07) is 6.22. The average Bonchev–Trinajstić information content (AvgIpc) is 2.85. The Morgan fingerprint density at radius 3 is 2.19 bits per heavy atom. The lowest BCUT2D eigenvalue weighted by molar-refractivity contribution is -0.156. The van der Waals surface area contributed by atoms with E-state index in [0.29, 0.717) is 0 Å². The summed E-state index contributed by atoms with van der Waals surface area (Å²) in [5.74, 6) is -2.94. The SMILES string of the molecule is CCCC[C@H](C)[C@@H](CC(=O)N[C@@H](Cc1ccccc1)C(=O)N[C@@H](C)C(=O)O)OC(=O)[C@H](N)[C@@H](C)CC. The van der Waals surface area contributed by atoms with Crippen molar-refractivity contribution in [3.05, 3.63) is 35.9 Å². The van der Waals surface area contributed by atoms with Crippen molar-refractivity contribution in [2.24, 2.45) is 17.6 Å². The van der Waals surface area contributed by atoms with Gasteiger partial charge in [0, 0.05) is 6.42 Å². The number of nitrogens with one attached hydrogen (secondary N) is 2. The van der Waals surface area contributed by atoms with E-state index in [-0.39, 0.29) is 24.7 Å². The molecule has 0 bridgehead atoms. The maximum atomic E-state index is 13.1. The third-order valence-electron chi connectivity index (χ3n) is 6.49. The molecule has 0 saturated carbocycles. The number of carbonyl (C=O) groups is 4. The number of benzene rings is 1. The molecule has 0 aliphatic carbocycles. The number of rotatable bonds is 16. The van der Waals surface area contributed by atoms with Gasteiger partial charge in [-0.15, -0.1) is 0 Å². The summed E-state index contributed by atoms with van der Waals surface area (Å²) >= 11 is 0. The standard InChI is InChI=1S/C27H43N3O6/c1-6-8-12-18(4)22(36-27(35)24(28)17(3)7-2)16-23(31)30-21(15-20-13-10-9-11-14-20)25(32)29-19(5)26(33)34/h9-11,13-14,17-19,21-22,24H,6-8,12,15-16,28H2,1-5H3,(H,29,32)(H,30,31)(H,33,34)/t17-,18-,19-,21-,22+,24+/m0/s1. The lowest BCUT2D eigenvalue weighted by atomic mass is 9.94. The second-order valence-electron chi connectivity index (χ2n) is 9.59. The Bertz CT molecular complexity index is 847. The summed E-state index contributed by atoms with van der Waals surface area (Å²) < 4.78 is 5.72. The molecule has 1 aromatic carbocycles. The molecule has 36 heavy (non-hydrogen) atoms. The summed E-state index contributed by atoms with van der Waals surface area (Å²) in [5.41, 5.74) is 6.86. The molecule has 0 fully saturated rings. The molecule has 1 rings (SSSR count). The molecule has 0 aliphatic heterocycles. The van der Waals surface area contributed by atoms with Gasteiger partial charge in [0.15, 0.2) is 0 Å². The van der Waals surface area contributed by atoms with E-state index in [1.807, 2.05) is 51.1 Å². The number of ether oxygens (including phenoxy) is 1. The Morgan fingerprint density at radius 2 is 1.64 bits per heavy atom. The molecular weight excluding hydrogens is 462 g/mol. The molecule has 0 radical (unpaired) electrons. The summed E-state index contributed by atoms with van der Waals surface area (Å²) in [4.78, 5) is 49.8. The van der Waals surface area contributed by atoms with Crippen molar-refractivity contribution < 1.29 is 29.0 Å². The van der Waals surface area contributed by atoms with Gasteiger partial charge in [-0.3, -0.25) is 19.2 Å². The summed E-state index contributed by atoms with van der Waals surface area (Å²) in [6.07, 6.45) is 2.72. The van der Waals surface area contributed by atoms with E-state index in [1.165, 1.54) is 6.92 Å². The van der Waals surface area contributed by atoms with Crippen LogP contribution in [0.5, 0.6) is 0 Å². The lowest BCUT2D eigenvalue weighted by Crippen LogP contribution is -2.52. The first kappa shape index (κ1) is 31.1. The predicted octanol–water partition coefficient (Wildman–Crippen LogP) is 2.80. The van der Waals surface area contributed by atoms with Crippen LogP contribution in [0.25, 0.3) is 0 Å². The fourth-order valence-electron chi connectivity index (χ4n) is 3.66. The maximum absolute atomic E-state index is 13.1. The number of nitrogens with two attached hydrogens (primary N) is 1. The minimum absolute atomic E-state index is 0.0619. The number of unbranched alkanes of at least 4 members (excludes halogenated alkanes) is 1. The van der Waals surface area contributed by atoms with Gasteiger partial charge >= 0.3 is 11.9 Å². The van der Waals surface area contributed by atoms with E-state index < -0.39 is 48.0 Å². The third-order valence-corrected chi connectivity index (χ3v) is 6.49. The van der Waals surface area contributed by atoms with Gasteiger partial charge in [-0.25, -0.2) is 0 Å². The number of amides is 2. The van der Waals surface area contributed by atoms with Gasteiger partial charge in [-0.2, -0.15) is 0 Å². The Kier molecular flexibility index (Phi) is 13.8. The number of hydrogen-bond acceptors (Lipinski definition) is 6. The number of carboxylic acids is 1. The van der Waals surface area contributed by atoms with Crippen molar-refractivity contribution in [3.8, 4) is 0 Å². The zero-order chi connectivity index (χ0) is 27.3. The third kappa shape index (κ3) is 10.8. The predicted molar refractivity (Wildman–Crippen MR) is 138 cm³/mol. The molecule has 0 heterocycles. The van der Waals surface area contributed by atoms with Crippen LogP contribution in [0.15, 0.2) is 30.3 Å². The topological polar surface area (TPSA) is 148 Å². The Labute approximate surface area is 214 Å². The summed E-state index contributed by atoms with van der Waals surface area (Å²) in [5, 5.41) is 14.3. The van der Waals surface area contributed by atoms with Crippen LogP contribution in [0, 0.1) is 11.8 Å². The number of aliphatic carboxylic acids is 1. The van der Waals surface area contributed by atoms with Crippen LogP contribution in [0.2, 0.25) is 0 Å². The Balaban J connectivity index is 3.02. The van der Waals surface area contributed by atoms with Crippen LogP contribution in [0.4, 0.5) is 0 Å². The van der Waals surface area contributed by atoms with Gasteiger partial charge in [0.2, 0.25) is 11.8 Å². The van der Waals surface area contributed by atoms with Gasteiger partial charge < -0.3 is 26.2 Å². The highest BCUT2D eigenvalue weighted by molar-refractivity contribution is 5.90. The molecule has 5 N–H and O–H groups in total. The first-order valence-electron chi connectivity index (χ1n) is 12.8. The average molecular weight is 506 g/mol. The van der Waals surface area contributed by atoms with E-state index >= 15 is 0 Å². The van der Waals surface area contributed by atoms with Gasteiger partial charge in [0.1, 0.15) is 24.2 Å². The highest BCUT2D eigenvalue weighted by Crippen LogP contribution is 2.20. The van der Waals surface area contributed by atoms with Crippen LogP contribution >= 0.6 is 0 Å². The maximum Gasteiger partial charge on any atom is 0.325 e. The van der Waals surface area contributed by atoms with Gasteiger partial charge in [0.05, 0.1) is 6.42 Å². The molecule has 202 valence electrons. The first-order chi connectivity index (χ1) is 17.0. The minimum Gasteiger partial charge on any atom is -0.480 e. The number of carboxylic acid groups (broad SMARTS) is 1. The molecule has 0 aliphatic rings. The van der Waals surface area contributed by atoms with Crippen LogP contribution in [0.3, 0.4) is 0 Å². The summed E-state index contributed by atoms with van der Waals surface area (Å²) in [7, 11) is 0. The van der Waals surface area contributed by atoms with E-state index in [1.54, 1.807) is 0 Å². The fourth-order valence-corrected chi connectivity index (χ4v) is 3.66. The Hall–Kier alpha value is -2.94. The molecular formula is C27H43N3O6. The largest absolute Gasteiger partial charge is 0.480 e.